The molecule has 0 saturated carbocycles. The minimum Gasteiger partial charge on any atom is -0.464 e. The molecule has 58 valence electrons. The first kappa shape index (κ1) is 9.01. The second kappa shape index (κ2) is 4.85. The first-order chi connectivity index (χ1) is 4.76. The van der Waals surface area contributed by atoms with Crippen LogP contribution >= 0.6 is 0 Å². The summed E-state index contributed by atoms with van der Waals surface area (Å²) in [6.07, 6.45) is 1.69. The fraction of sp³-hybridized carbons (Fsp3) is 0.571. The molecule has 0 bridgehead atoms. The third-order valence-corrected chi connectivity index (χ3v) is 1.06. The minimum atomic E-state index is -0.315. The highest BCUT2D eigenvalue weighted by Crippen LogP contribution is 1.90. The van der Waals surface area contributed by atoms with Gasteiger partial charge in [-0.3, -0.25) is 0 Å². The summed E-state index contributed by atoms with van der Waals surface area (Å²) in [6, 6.07) is 0. The Morgan fingerprint density at radius 1 is 1.70 bits per heavy atom. The van der Waals surface area contributed by atoms with Gasteiger partial charge in [0.15, 0.2) is 0 Å². The molecule has 0 atom stereocenters. The molecule has 0 aromatic rings. The molecule has 0 rings (SSSR count). The second-order valence-electron chi connectivity index (χ2n) is 1.72. The Hall–Kier alpha value is -0.990. The minimum absolute atomic E-state index is 0.315. The van der Waals surface area contributed by atoms with E-state index in [1.165, 1.54) is 7.11 Å². The van der Waals surface area contributed by atoms with Crippen molar-refractivity contribution in [2.45, 2.75) is 13.8 Å². The van der Waals surface area contributed by atoms with Gasteiger partial charge in [0.1, 0.15) is 5.70 Å². The number of hydrogen-bond acceptors (Lipinski definition) is 3. The van der Waals surface area contributed by atoms with E-state index in [0.717, 1.165) is 6.54 Å². The van der Waals surface area contributed by atoms with Crippen LogP contribution in [0.15, 0.2) is 11.8 Å². The molecule has 0 aliphatic heterocycles. The van der Waals surface area contributed by atoms with Gasteiger partial charge in [0.25, 0.3) is 0 Å². The van der Waals surface area contributed by atoms with Crippen molar-refractivity contribution in [3.63, 3.8) is 0 Å². The van der Waals surface area contributed by atoms with Crippen molar-refractivity contribution >= 4 is 5.97 Å². The van der Waals surface area contributed by atoms with Crippen LogP contribution in [-0.2, 0) is 9.53 Å². The number of ether oxygens (including phenoxy) is 1. The number of carbonyl (C=O) groups excluding carboxylic acids is 1. The van der Waals surface area contributed by atoms with Crippen LogP contribution in [0.25, 0.3) is 0 Å². The van der Waals surface area contributed by atoms with Gasteiger partial charge in [-0.05, 0) is 13.8 Å². The highest BCUT2D eigenvalue weighted by Gasteiger charge is 2.04. The molecule has 3 nitrogen and oxygen atoms in total. The maximum Gasteiger partial charge on any atom is 0.353 e. The van der Waals surface area contributed by atoms with E-state index in [-0.39, 0.29) is 5.97 Å². The van der Waals surface area contributed by atoms with Crippen LogP contribution in [0.3, 0.4) is 0 Å². The molecule has 3 heteroatoms. The molecule has 0 aliphatic rings. The van der Waals surface area contributed by atoms with E-state index >= 15 is 0 Å². The summed E-state index contributed by atoms with van der Waals surface area (Å²) in [5.41, 5.74) is 0.519. The Balaban J connectivity index is 3.95. The summed E-state index contributed by atoms with van der Waals surface area (Å²) in [4.78, 5) is 10.8. The number of methoxy groups -OCH3 is 1. The molecular formula is C7H13NO2. The summed E-state index contributed by atoms with van der Waals surface area (Å²) in [5, 5.41) is 2.87. The van der Waals surface area contributed by atoms with E-state index < -0.39 is 0 Å². The average molecular weight is 143 g/mol. The topological polar surface area (TPSA) is 38.3 Å². The lowest BCUT2D eigenvalue weighted by Crippen LogP contribution is -2.20. The van der Waals surface area contributed by atoms with E-state index in [9.17, 15) is 4.79 Å². The molecule has 0 spiro atoms. The van der Waals surface area contributed by atoms with Crippen molar-refractivity contribution in [2.75, 3.05) is 13.7 Å². The lowest BCUT2D eigenvalue weighted by Gasteiger charge is -2.04. The van der Waals surface area contributed by atoms with Crippen molar-refractivity contribution in [1.82, 2.24) is 5.32 Å². The molecular weight excluding hydrogens is 130 g/mol. The zero-order valence-corrected chi connectivity index (χ0v) is 6.60. The van der Waals surface area contributed by atoms with Gasteiger partial charge in [-0.15, -0.1) is 0 Å². The number of rotatable bonds is 3. The predicted molar refractivity (Wildman–Crippen MR) is 39.4 cm³/mol. The zero-order valence-electron chi connectivity index (χ0n) is 6.60. The quantitative estimate of drug-likeness (QED) is 0.466. The Morgan fingerprint density at radius 3 is 2.60 bits per heavy atom. The maximum atomic E-state index is 10.8. The largest absolute Gasteiger partial charge is 0.464 e. The van der Waals surface area contributed by atoms with E-state index in [1.807, 2.05) is 6.92 Å². The van der Waals surface area contributed by atoms with Crippen LogP contribution < -0.4 is 5.32 Å². The molecule has 1 N–H and O–H groups in total. The maximum absolute atomic E-state index is 10.8. The molecule has 0 radical (unpaired) electrons. The van der Waals surface area contributed by atoms with Gasteiger partial charge < -0.3 is 10.1 Å². The van der Waals surface area contributed by atoms with Crippen LogP contribution in [0.5, 0.6) is 0 Å². The molecule has 0 aromatic carbocycles. The van der Waals surface area contributed by atoms with E-state index in [2.05, 4.69) is 10.1 Å². The summed E-state index contributed by atoms with van der Waals surface area (Å²) in [6.45, 7) is 4.44. The van der Waals surface area contributed by atoms with Crippen LogP contribution in [0.1, 0.15) is 13.8 Å². The molecule has 0 saturated heterocycles. The lowest BCUT2D eigenvalue weighted by atomic mass is 10.4. The lowest BCUT2D eigenvalue weighted by molar-refractivity contribution is -0.136. The summed E-state index contributed by atoms with van der Waals surface area (Å²) in [7, 11) is 1.36. The third-order valence-electron chi connectivity index (χ3n) is 1.06. The standard InChI is InChI=1S/C7H13NO2/c1-4-6(8-5-2)7(9)10-3/h4,8H,5H2,1-3H3. The number of nitrogens with one attached hydrogen (secondary N) is 1. The molecule has 10 heavy (non-hydrogen) atoms. The van der Waals surface area contributed by atoms with E-state index in [0.29, 0.717) is 5.70 Å². The summed E-state index contributed by atoms with van der Waals surface area (Å²) in [5.74, 6) is -0.315. The first-order valence-corrected chi connectivity index (χ1v) is 3.24. The highest BCUT2D eigenvalue weighted by molar-refractivity contribution is 5.87. The Bertz CT molecular complexity index is 141. The Morgan fingerprint density at radius 2 is 2.30 bits per heavy atom. The fourth-order valence-corrected chi connectivity index (χ4v) is 0.592. The third kappa shape index (κ3) is 2.53. The van der Waals surface area contributed by atoms with Crippen molar-refractivity contribution in [1.29, 1.82) is 0 Å². The number of esters is 1. The van der Waals surface area contributed by atoms with Gasteiger partial charge in [0, 0.05) is 6.54 Å². The SMILES string of the molecule is CC=C(NCC)C(=O)OC. The average Bonchev–Trinajstić information content (AvgIpc) is 1.99. The smallest absolute Gasteiger partial charge is 0.353 e. The number of carbonyl (C=O) groups is 1. The van der Waals surface area contributed by atoms with Crippen molar-refractivity contribution in [3.8, 4) is 0 Å². The van der Waals surface area contributed by atoms with Crippen molar-refractivity contribution < 1.29 is 9.53 Å². The Labute approximate surface area is 61.1 Å². The number of allylic oxidation sites excluding steroid dienone is 1. The fourth-order valence-electron chi connectivity index (χ4n) is 0.592. The predicted octanol–water partition coefficient (Wildman–Crippen LogP) is 0.673. The number of likely N-dealkylation sites (N-methyl/N-ethyl adjacent to an activating group) is 1. The zero-order chi connectivity index (χ0) is 7.98. The van der Waals surface area contributed by atoms with Gasteiger partial charge >= 0.3 is 5.97 Å². The summed E-state index contributed by atoms with van der Waals surface area (Å²) < 4.78 is 4.49. The van der Waals surface area contributed by atoms with Crippen LogP contribution in [0, 0.1) is 0 Å². The molecule has 0 heterocycles. The Kier molecular flexibility index (Phi) is 4.37. The van der Waals surface area contributed by atoms with Gasteiger partial charge in [-0.2, -0.15) is 0 Å². The van der Waals surface area contributed by atoms with E-state index in [4.69, 9.17) is 0 Å². The van der Waals surface area contributed by atoms with Gasteiger partial charge in [-0.1, -0.05) is 6.08 Å². The molecule has 0 amide bonds. The first-order valence-electron chi connectivity index (χ1n) is 3.24. The van der Waals surface area contributed by atoms with Gasteiger partial charge in [0.2, 0.25) is 0 Å². The molecule has 0 aromatic heterocycles. The van der Waals surface area contributed by atoms with Crippen molar-refractivity contribution in [3.05, 3.63) is 11.8 Å². The second-order valence-corrected chi connectivity index (χ2v) is 1.72. The number of hydrogen-bond donors (Lipinski definition) is 1. The molecule has 0 aliphatic carbocycles. The highest BCUT2D eigenvalue weighted by atomic mass is 16.5. The molecule has 0 unspecified atom stereocenters. The van der Waals surface area contributed by atoms with Gasteiger partial charge in [0.05, 0.1) is 7.11 Å². The van der Waals surface area contributed by atoms with E-state index in [1.54, 1.807) is 13.0 Å². The molecule has 0 fully saturated rings. The van der Waals surface area contributed by atoms with Gasteiger partial charge in [-0.25, -0.2) is 4.79 Å². The monoisotopic (exact) mass is 143 g/mol. The van der Waals surface area contributed by atoms with Crippen LogP contribution in [0.2, 0.25) is 0 Å². The van der Waals surface area contributed by atoms with Crippen LogP contribution in [0.4, 0.5) is 0 Å². The normalized spacial score (nSPS) is 10.9. The summed E-state index contributed by atoms with van der Waals surface area (Å²) >= 11 is 0. The van der Waals surface area contributed by atoms with Crippen molar-refractivity contribution in [2.24, 2.45) is 0 Å². The van der Waals surface area contributed by atoms with Crippen LogP contribution in [-0.4, -0.2) is 19.6 Å².